The fourth-order valence-corrected chi connectivity index (χ4v) is 2.50. The van der Waals surface area contributed by atoms with Gasteiger partial charge in [0.15, 0.2) is 0 Å². The minimum atomic E-state index is 0.265. The van der Waals surface area contributed by atoms with Gasteiger partial charge < -0.3 is 5.32 Å². The molecule has 0 bridgehead atoms. The molecule has 0 aliphatic heterocycles. The second kappa shape index (κ2) is 6.32. The van der Waals surface area contributed by atoms with E-state index < -0.39 is 0 Å². The monoisotopic (exact) mass is 324 g/mol. The molecule has 0 aliphatic carbocycles. The van der Waals surface area contributed by atoms with Crippen molar-refractivity contribution in [3.05, 3.63) is 63.3 Å². The molecule has 0 amide bonds. The molecule has 2 rings (SSSR count). The molecule has 1 aromatic carbocycles. The lowest BCUT2D eigenvalue weighted by molar-refractivity contribution is 0.572. The van der Waals surface area contributed by atoms with Crippen LogP contribution in [0.5, 0.6) is 0 Å². The van der Waals surface area contributed by atoms with Gasteiger partial charge in [-0.3, -0.25) is 4.98 Å². The second-order valence-corrected chi connectivity index (χ2v) is 5.42. The first-order valence-corrected chi connectivity index (χ1v) is 6.91. The van der Waals surface area contributed by atoms with Gasteiger partial charge in [-0.25, -0.2) is 0 Å². The highest BCUT2D eigenvalue weighted by Gasteiger charge is 2.06. The molecule has 18 heavy (non-hydrogen) atoms. The zero-order chi connectivity index (χ0) is 13.0. The molecule has 0 radical (unpaired) electrons. The molecule has 0 spiro atoms. The maximum absolute atomic E-state index is 5.92. The van der Waals surface area contributed by atoms with Crippen LogP contribution in [0.2, 0.25) is 5.02 Å². The zero-order valence-electron chi connectivity index (χ0n) is 10.0. The number of pyridine rings is 1. The summed E-state index contributed by atoms with van der Waals surface area (Å²) in [5.74, 6) is 0. The second-order valence-electron chi connectivity index (χ2n) is 4.12. The number of aromatic nitrogens is 1. The van der Waals surface area contributed by atoms with E-state index in [4.69, 9.17) is 11.6 Å². The van der Waals surface area contributed by atoms with Crippen molar-refractivity contribution in [3.63, 3.8) is 0 Å². The van der Waals surface area contributed by atoms with Crippen LogP contribution in [0.25, 0.3) is 0 Å². The topological polar surface area (TPSA) is 24.9 Å². The Bertz CT molecular complexity index is 516. The van der Waals surface area contributed by atoms with Gasteiger partial charge in [-0.2, -0.15) is 0 Å². The van der Waals surface area contributed by atoms with Crippen LogP contribution in [0.4, 0.5) is 0 Å². The van der Waals surface area contributed by atoms with Crippen molar-refractivity contribution < 1.29 is 0 Å². The highest BCUT2D eigenvalue weighted by atomic mass is 79.9. The molecule has 1 aromatic heterocycles. The van der Waals surface area contributed by atoms with E-state index in [-0.39, 0.29) is 6.04 Å². The number of rotatable bonds is 4. The lowest BCUT2D eigenvalue weighted by atomic mass is 10.1. The summed E-state index contributed by atoms with van der Waals surface area (Å²) in [7, 11) is 0. The van der Waals surface area contributed by atoms with Crippen molar-refractivity contribution in [2.24, 2.45) is 0 Å². The van der Waals surface area contributed by atoms with Gasteiger partial charge in [0.1, 0.15) is 0 Å². The first kappa shape index (κ1) is 13.5. The van der Waals surface area contributed by atoms with Crippen molar-refractivity contribution in [1.29, 1.82) is 0 Å². The third-order valence-corrected chi connectivity index (χ3v) is 3.77. The van der Waals surface area contributed by atoms with Crippen LogP contribution in [0.15, 0.2) is 47.2 Å². The molecule has 1 heterocycles. The highest BCUT2D eigenvalue weighted by molar-refractivity contribution is 9.10. The molecule has 1 atom stereocenters. The van der Waals surface area contributed by atoms with E-state index in [1.807, 2.05) is 30.5 Å². The first-order valence-electron chi connectivity index (χ1n) is 5.74. The summed E-state index contributed by atoms with van der Waals surface area (Å²) in [6.45, 7) is 2.91. The molecule has 4 heteroatoms. The van der Waals surface area contributed by atoms with Crippen LogP contribution in [-0.2, 0) is 6.54 Å². The summed E-state index contributed by atoms with van der Waals surface area (Å²) in [6, 6.07) is 10.1. The Labute approximate surface area is 121 Å². The Morgan fingerprint density at radius 2 is 2.22 bits per heavy atom. The molecule has 0 unspecified atom stereocenters. The average molecular weight is 326 g/mol. The normalized spacial score (nSPS) is 12.4. The van der Waals surface area contributed by atoms with Gasteiger partial charge >= 0.3 is 0 Å². The molecule has 0 fully saturated rings. The maximum atomic E-state index is 5.92. The first-order chi connectivity index (χ1) is 8.66. The third kappa shape index (κ3) is 3.55. The molecule has 2 aromatic rings. The summed E-state index contributed by atoms with van der Waals surface area (Å²) in [6.07, 6.45) is 3.67. The smallest absolute Gasteiger partial charge is 0.0417 e. The summed E-state index contributed by atoms with van der Waals surface area (Å²) >= 11 is 9.43. The van der Waals surface area contributed by atoms with Crippen molar-refractivity contribution in [1.82, 2.24) is 10.3 Å². The Balaban J connectivity index is 1.99. The molecule has 0 saturated heterocycles. The fourth-order valence-electron chi connectivity index (χ4n) is 1.68. The van der Waals surface area contributed by atoms with Gasteiger partial charge in [-0.05, 0) is 36.2 Å². The van der Waals surface area contributed by atoms with Crippen LogP contribution in [0, 0.1) is 0 Å². The van der Waals surface area contributed by atoms with E-state index in [2.05, 4.69) is 39.2 Å². The average Bonchev–Trinajstić information content (AvgIpc) is 2.38. The summed E-state index contributed by atoms with van der Waals surface area (Å²) in [4.78, 5) is 4.12. The van der Waals surface area contributed by atoms with Gasteiger partial charge in [0.2, 0.25) is 0 Å². The number of nitrogens with zero attached hydrogens (tertiary/aromatic N) is 1. The van der Waals surface area contributed by atoms with E-state index >= 15 is 0 Å². The molecule has 1 N–H and O–H groups in total. The van der Waals surface area contributed by atoms with Crippen LogP contribution < -0.4 is 5.32 Å². The molecular weight excluding hydrogens is 312 g/mol. The Kier molecular flexibility index (Phi) is 4.75. The lowest BCUT2D eigenvalue weighted by Crippen LogP contribution is -2.18. The van der Waals surface area contributed by atoms with Crippen LogP contribution >= 0.6 is 27.5 Å². The van der Waals surface area contributed by atoms with Crippen LogP contribution in [0.3, 0.4) is 0 Å². The van der Waals surface area contributed by atoms with E-state index in [9.17, 15) is 0 Å². The van der Waals surface area contributed by atoms with Crippen LogP contribution in [-0.4, -0.2) is 4.98 Å². The molecule has 94 valence electrons. The standard InChI is InChI=1S/C14H14BrClN2/c1-10(11-3-2-6-17-8-11)18-9-12-4-5-13(16)7-14(12)15/h2-8,10,18H,9H2,1H3/t10-/m1/s1. The number of hydrogen-bond donors (Lipinski definition) is 1. The van der Waals surface area contributed by atoms with Gasteiger partial charge in [0.05, 0.1) is 0 Å². The summed E-state index contributed by atoms with van der Waals surface area (Å²) in [5.41, 5.74) is 2.37. The Morgan fingerprint density at radius 3 is 2.89 bits per heavy atom. The maximum Gasteiger partial charge on any atom is 0.0417 e. The van der Waals surface area contributed by atoms with Gasteiger partial charge in [0, 0.05) is 34.5 Å². The Hall–Kier alpha value is -0.900. The van der Waals surface area contributed by atoms with Crippen molar-refractivity contribution in [2.75, 3.05) is 0 Å². The minimum absolute atomic E-state index is 0.265. The van der Waals surface area contributed by atoms with E-state index in [1.165, 1.54) is 11.1 Å². The van der Waals surface area contributed by atoms with Crippen molar-refractivity contribution in [2.45, 2.75) is 19.5 Å². The largest absolute Gasteiger partial charge is 0.306 e. The fraction of sp³-hybridized carbons (Fsp3) is 0.214. The Morgan fingerprint density at radius 1 is 1.39 bits per heavy atom. The molecule has 2 nitrogen and oxygen atoms in total. The zero-order valence-corrected chi connectivity index (χ0v) is 12.4. The predicted molar refractivity (Wildman–Crippen MR) is 78.6 cm³/mol. The number of halogens is 2. The SMILES string of the molecule is C[C@@H](NCc1ccc(Cl)cc1Br)c1cccnc1. The van der Waals surface area contributed by atoms with Gasteiger partial charge in [0.25, 0.3) is 0 Å². The number of hydrogen-bond acceptors (Lipinski definition) is 2. The summed E-state index contributed by atoms with van der Waals surface area (Å²) in [5, 5.41) is 4.20. The van der Waals surface area contributed by atoms with E-state index in [0.717, 1.165) is 16.0 Å². The predicted octanol–water partition coefficient (Wildman–Crippen LogP) is 4.35. The van der Waals surface area contributed by atoms with Crippen LogP contribution in [0.1, 0.15) is 24.1 Å². The number of benzene rings is 1. The van der Waals surface area contributed by atoms with Gasteiger partial charge in [-0.15, -0.1) is 0 Å². The molecule has 0 saturated carbocycles. The lowest BCUT2D eigenvalue weighted by Gasteiger charge is -2.14. The minimum Gasteiger partial charge on any atom is -0.306 e. The van der Waals surface area contributed by atoms with Gasteiger partial charge in [-0.1, -0.05) is 39.7 Å². The van der Waals surface area contributed by atoms with E-state index in [0.29, 0.717) is 0 Å². The van der Waals surface area contributed by atoms with E-state index in [1.54, 1.807) is 6.20 Å². The number of nitrogens with one attached hydrogen (secondary N) is 1. The summed E-state index contributed by atoms with van der Waals surface area (Å²) < 4.78 is 1.03. The highest BCUT2D eigenvalue weighted by Crippen LogP contribution is 2.22. The van der Waals surface area contributed by atoms with Crippen molar-refractivity contribution in [3.8, 4) is 0 Å². The third-order valence-electron chi connectivity index (χ3n) is 2.80. The molecule has 0 aliphatic rings. The molecular formula is C14H14BrClN2. The quantitative estimate of drug-likeness (QED) is 0.904. The van der Waals surface area contributed by atoms with Crippen molar-refractivity contribution >= 4 is 27.5 Å².